The lowest BCUT2D eigenvalue weighted by molar-refractivity contribution is 0.659. The number of rotatable bonds is 0. The number of hydrogen-bond acceptors (Lipinski definition) is 0. The van der Waals surface area contributed by atoms with E-state index in [0.717, 1.165) is 0 Å². The van der Waals surface area contributed by atoms with Gasteiger partial charge in [0.05, 0.1) is 0 Å². The van der Waals surface area contributed by atoms with Gasteiger partial charge in [0, 0.05) is 0 Å². The van der Waals surface area contributed by atoms with Gasteiger partial charge in [-0.2, -0.15) is 0 Å². The second-order valence-corrected chi connectivity index (χ2v) is 2.82. The fourth-order valence-corrected chi connectivity index (χ4v) is 1.26. The van der Waals surface area contributed by atoms with Gasteiger partial charge in [-0.3, -0.25) is 0 Å². The first-order valence-corrected chi connectivity index (χ1v) is 3.88. The molecule has 0 spiro atoms. The first-order valence-electron chi connectivity index (χ1n) is 3.88. The SMILES string of the molecule is C=C1CCC[CH]CCC1. The molecular weight excluding hydrogens is 108 g/mol. The van der Waals surface area contributed by atoms with Gasteiger partial charge in [-0.15, -0.1) is 0 Å². The molecule has 51 valence electrons. The average Bonchev–Trinajstić information content (AvgIpc) is 1.79. The van der Waals surface area contributed by atoms with Crippen LogP contribution in [-0.4, -0.2) is 0 Å². The third-order valence-corrected chi connectivity index (χ3v) is 1.88. The summed E-state index contributed by atoms with van der Waals surface area (Å²) in [5.74, 6) is 0. The van der Waals surface area contributed by atoms with Gasteiger partial charge in [-0.1, -0.05) is 12.2 Å². The summed E-state index contributed by atoms with van der Waals surface area (Å²) in [5.41, 5.74) is 1.46. The van der Waals surface area contributed by atoms with Crippen LogP contribution in [0.4, 0.5) is 0 Å². The van der Waals surface area contributed by atoms with Crippen molar-refractivity contribution in [3.05, 3.63) is 18.6 Å². The summed E-state index contributed by atoms with van der Waals surface area (Å²) in [6, 6.07) is 0. The fourth-order valence-electron chi connectivity index (χ4n) is 1.26. The lowest BCUT2D eigenvalue weighted by Crippen LogP contribution is -1.90. The topological polar surface area (TPSA) is 0 Å². The van der Waals surface area contributed by atoms with E-state index in [1.54, 1.807) is 0 Å². The molecule has 1 rings (SSSR count). The average molecular weight is 123 g/mol. The van der Waals surface area contributed by atoms with Crippen molar-refractivity contribution < 1.29 is 0 Å². The smallest absolute Gasteiger partial charge is 0.0323 e. The predicted octanol–water partition coefficient (Wildman–Crippen LogP) is 3.10. The van der Waals surface area contributed by atoms with Gasteiger partial charge in [0.15, 0.2) is 0 Å². The molecule has 0 nitrogen and oxygen atoms in total. The van der Waals surface area contributed by atoms with Crippen molar-refractivity contribution in [2.24, 2.45) is 0 Å². The first-order chi connectivity index (χ1) is 4.39. The van der Waals surface area contributed by atoms with Crippen LogP contribution >= 0.6 is 0 Å². The molecule has 0 saturated heterocycles. The maximum Gasteiger partial charge on any atom is -0.0323 e. The first kappa shape index (κ1) is 6.85. The molecule has 0 aromatic carbocycles. The van der Waals surface area contributed by atoms with E-state index >= 15 is 0 Å². The Morgan fingerprint density at radius 2 is 1.67 bits per heavy atom. The van der Waals surface area contributed by atoms with E-state index in [9.17, 15) is 0 Å². The quantitative estimate of drug-likeness (QED) is 0.434. The summed E-state index contributed by atoms with van der Waals surface area (Å²) in [4.78, 5) is 0. The zero-order chi connectivity index (χ0) is 6.53. The van der Waals surface area contributed by atoms with Crippen molar-refractivity contribution in [3.8, 4) is 0 Å². The molecule has 0 aliphatic heterocycles. The van der Waals surface area contributed by atoms with Gasteiger partial charge in [0.25, 0.3) is 0 Å². The Kier molecular flexibility index (Phi) is 2.82. The Morgan fingerprint density at radius 1 is 1.11 bits per heavy atom. The van der Waals surface area contributed by atoms with E-state index in [2.05, 4.69) is 13.0 Å². The highest BCUT2D eigenvalue weighted by Gasteiger charge is 1.99. The lowest BCUT2D eigenvalue weighted by Gasteiger charge is -2.08. The van der Waals surface area contributed by atoms with Crippen LogP contribution in [0.25, 0.3) is 0 Å². The molecule has 1 radical (unpaired) electrons. The summed E-state index contributed by atoms with van der Waals surface area (Å²) in [6.45, 7) is 4.00. The Bertz CT molecular complexity index is 82.2. The summed E-state index contributed by atoms with van der Waals surface area (Å²) in [6.07, 6.45) is 10.2. The summed E-state index contributed by atoms with van der Waals surface area (Å²) in [7, 11) is 0. The van der Waals surface area contributed by atoms with Crippen molar-refractivity contribution in [1.29, 1.82) is 0 Å². The van der Waals surface area contributed by atoms with E-state index < -0.39 is 0 Å². The standard InChI is InChI=1S/C9H15/c1-9-7-5-3-2-4-6-8-9/h2H,1,3-8H2. The molecule has 0 bridgehead atoms. The van der Waals surface area contributed by atoms with Crippen LogP contribution in [0.3, 0.4) is 0 Å². The molecule has 0 unspecified atom stereocenters. The molecule has 1 saturated carbocycles. The summed E-state index contributed by atoms with van der Waals surface area (Å²) < 4.78 is 0. The van der Waals surface area contributed by atoms with Crippen LogP contribution in [0.15, 0.2) is 12.2 Å². The molecule has 1 fully saturated rings. The number of allylic oxidation sites excluding steroid dienone is 1. The van der Waals surface area contributed by atoms with Crippen molar-refractivity contribution >= 4 is 0 Å². The van der Waals surface area contributed by atoms with Crippen LogP contribution in [0.5, 0.6) is 0 Å². The van der Waals surface area contributed by atoms with Crippen LogP contribution in [-0.2, 0) is 0 Å². The van der Waals surface area contributed by atoms with Crippen molar-refractivity contribution in [1.82, 2.24) is 0 Å². The molecule has 0 aromatic heterocycles. The zero-order valence-electron chi connectivity index (χ0n) is 6.03. The summed E-state index contributed by atoms with van der Waals surface area (Å²) >= 11 is 0. The Morgan fingerprint density at radius 3 is 2.22 bits per heavy atom. The van der Waals surface area contributed by atoms with E-state index in [4.69, 9.17) is 0 Å². The molecule has 0 amide bonds. The molecule has 0 heterocycles. The van der Waals surface area contributed by atoms with Gasteiger partial charge in [-0.05, 0) is 44.9 Å². The molecule has 0 aromatic rings. The molecule has 1 aliphatic rings. The molecule has 0 N–H and O–H groups in total. The van der Waals surface area contributed by atoms with Crippen molar-refractivity contribution in [3.63, 3.8) is 0 Å². The van der Waals surface area contributed by atoms with Crippen molar-refractivity contribution in [2.75, 3.05) is 0 Å². The molecule has 9 heavy (non-hydrogen) atoms. The van der Waals surface area contributed by atoms with Crippen LogP contribution < -0.4 is 0 Å². The minimum Gasteiger partial charge on any atom is -0.0999 e. The Labute approximate surface area is 58.0 Å². The maximum absolute atomic E-state index is 4.00. The van der Waals surface area contributed by atoms with E-state index in [1.165, 1.54) is 44.1 Å². The second-order valence-electron chi connectivity index (χ2n) is 2.82. The highest BCUT2D eigenvalue weighted by atomic mass is 14.1. The van der Waals surface area contributed by atoms with E-state index in [1.807, 2.05) is 0 Å². The monoisotopic (exact) mass is 123 g/mol. The minimum atomic E-state index is 1.26. The predicted molar refractivity (Wildman–Crippen MR) is 41.1 cm³/mol. The largest absolute Gasteiger partial charge is 0.0999 e. The van der Waals surface area contributed by atoms with Crippen LogP contribution in [0.1, 0.15) is 38.5 Å². The third-order valence-electron chi connectivity index (χ3n) is 1.88. The minimum absolute atomic E-state index is 1.26. The van der Waals surface area contributed by atoms with E-state index in [0.29, 0.717) is 0 Å². The second kappa shape index (κ2) is 3.71. The van der Waals surface area contributed by atoms with Crippen LogP contribution in [0.2, 0.25) is 0 Å². The summed E-state index contributed by atoms with van der Waals surface area (Å²) in [5, 5.41) is 0. The molecular formula is C9H15. The Hall–Kier alpha value is -0.260. The third kappa shape index (κ3) is 2.69. The number of hydrogen-bond donors (Lipinski definition) is 0. The molecule has 0 heteroatoms. The van der Waals surface area contributed by atoms with Gasteiger partial charge >= 0.3 is 0 Å². The highest BCUT2D eigenvalue weighted by Crippen LogP contribution is 2.18. The van der Waals surface area contributed by atoms with Crippen molar-refractivity contribution in [2.45, 2.75) is 38.5 Å². The van der Waals surface area contributed by atoms with Crippen LogP contribution in [0, 0.1) is 6.42 Å². The maximum atomic E-state index is 4.00. The molecule has 0 atom stereocenters. The normalized spacial score (nSPS) is 22.9. The Balaban J connectivity index is 2.20. The zero-order valence-corrected chi connectivity index (χ0v) is 6.03. The fraction of sp³-hybridized carbons (Fsp3) is 0.667. The highest BCUT2D eigenvalue weighted by molar-refractivity contribution is 4.95. The molecule has 1 aliphatic carbocycles. The van der Waals surface area contributed by atoms with Gasteiger partial charge in [0.1, 0.15) is 0 Å². The van der Waals surface area contributed by atoms with Gasteiger partial charge in [-0.25, -0.2) is 0 Å². The van der Waals surface area contributed by atoms with Gasteiger partial charge < -0.3 is 0 Å². The van der Waals surface area contributed by atoms with E-state index in [-0.39, 0.29) is 0 Å². The van der Waals surface area contributed by atoms with Gasteiger partial charge in [0.2, 0.25) is 0 Å². The lowest BCUT2D eigenvalue weighted by atomic mass is 9.98.